The molecule has 168 valence electrons. The Morgan fingerprint density at radius 3 is 2.55 bits per heavy atom. The summed E-state index contributed by atoms with van der Waals surface area (Å²) in [5, 5.41) is 0. The minimum absolute atomic E-state index is 0.220. The monoisotopic (exact) mass is 440 g/mol. The van der Waals surface area contributed by atoms with Crippen molar-refractivity contribution >= 4 is 40.2 Å². The molecule has 2 N–H and O–H groups in total. The van der Waals surface area contributed by atoms with Crippen molar-refractivity contribution in [1.82, 2.24) is 19.9 Å². The summed E-state index contributed by atoms with van der Waals surface area (Å²) in [7, 11) is 0. The summed E-state index contributed by atoms with van der Waals surface area (Å²) in [4.78, 5) is 22.8. The maximum absolute atomic E-state index is 5.88. The van der Waals surface area contributed by atoms with Gasteiger partial charge in [-0.15, -0.1) is 0 Å². The Bertz CT molecular complexity index is 1370. The number of hydrogen-bond donors (Lipinski definition) is 2. The van der Waals surface area contributed by atoms with Crippen LogP contribution >= 0.6 is 0 Å². The number of hydrogen-bond acceptors (Lipinski definition) is 5. The highest BCUT2D eigenvalue weighted by molar-refractivity contribution is 5.86. The number of allylic oxidation sites excluding steroid dienone is 3. The van der Waals surface area contributed by atoms with Crippen LogP contribution in [-0.4, -0.2) is 52.0 Å². The van der Waals surface area contributed by atoms with Crippen LogP contribution in [0.25, 0.3) is 39.2 Å². The molecule has 1 aliphatic rings. The number of aliphatic imine (C=N–C) groups is 1. The van der Waals surface area contributed by atoms with E-state index in [1.54, 1.807) is 0 Å². The van der Waals surface area contributed by atoms with Gasteiger partial charge in [0.25, 0.3) is 0 Å². The van der Waals surface area contributed by atoms with Crippen molar-refractivity contribution in [2.24, 2.45) is 4.99 Å². The number of anilines is 1. The van der Waals surface area contributed by atoms with E-state index in [1.807, 2.05) is 37.3 Å². The number of imidazole rings is 2. The second-order valence-electron chi connectivity index (χ2n) is 8.50. The molecule has 2 aromatic heterocycles. The zero-order valence-corrected chi connectivity index (χ0v) is 19.2. The van der Waals surface area contributed by atoms with Crippen LogP contribution in [0.2, 0.25) is 0 Å². The quantitative estimate of drug-likeness (QED) is 0.324. The molecule has 0 bridgehead atoms. The number of fused-ring (bicyclic) bond motifs is 2. The number of benzene rings is 2. The van der Waals surface area contributed by atoms with E-state index >= 15 is 0 Å². The van der Waals surface area contributed by atoms with Crippen molar-refractivity contribution in [1.29, 1.82) is 0 Å². The lowest BCUT2D eigenvalue weighted by Gasteiger charge is -2.36. The van der Waals surface area contributed by atoms with Crippen LogP contribution in [0.1, 0.15) is 26.6 Å². The first-order valence-electron chi connectivity index (χ1n) is 11.2. The third-order valence-corrected chi connectivity index (χ3v) is 5.87. The first-order chi connectivity index (χ1) is 16.0. The summed E-state index contributed by atoms with van der Waals surface area (Å²) in [6.07, 6.45) is 6.19. The Hall–Kier alpha value is -3.71. The first-order valence-corrected chi connectivity index (χ1v) is 11.2. The molecule has 0 saturated carbocycles. The zero-order chi connectivity index (χ0) is 22.9. The van der Waals surface area contributed by atoms with E-state index in [-0.39, 0.29) is 12.2 Å². The van der Waals surface area contributed by atoms with E-state index in [1.165, 1.54) is 5.69 Å². The largest absolute Gasteiger partial charge is 0.372 e. The van der Waals surface area contributed by atoms with Crippen LogP contribution in [-0.2, 0) is 4.74 Å². The molecule has 1 saturated heterocycles. The molecule has 3 heterocycles. The van der Waals surface area contributed by atoms with Crippen LogP contribution in [0, 0.1) is 0 Å². The topological polar surface area (TPSA) is 82.2 Å². The van der Waals surface area contributed by atoms with Crippen molar-refractivity contribution in [3.8, 4) is 11.4 Å². The van der Waals surface area contributed by atoms with Gasteiger partial charge in [-0.2, -0.15) is 0 Å². The molecule has 0 aliphatic carbocycles. The van der Waals surface area contributed by atoms with Gasteiger partial charge in [0.1, 0.15) is 11.5 Å². The number of aromatic amines is 2. The smallest absolute Gasteiger partial charge is 0.157 e. The van der Waals surface area contributed by atoms with Crippen molar-refractivity contribution in [2.45, 2.75) is 33.0 Å². The number of morpholine rings is 1. The van der Waals surface area contributed by atoms with Gasteiger partial charge in [-0.05, 0) is 70.0 Å². The molecule has 0 spiro atoms. The molecule has 1 fully saturated rings. The third-order valence-electron chi connectivity index (χ3n) is 5.87. The molecule has 5 rings (SSSR count). The Morgan fingerprint density at radius 2 is 1.79 bits per heavy atom. The average Bonchev–Trinajstić information content (AvgIpc) is 3.42. The molecular formula is C26H28N6O. The minimum atomic E-state index is 0.220. The van der Waals surface area contributed by atoms with E-state index in [4.69, 9.17) is 9.72 Å². The fourth-order valence-electron chi connectivity index (χ4n) is 4.39. The van der Waals surface area contributed by atoms with E-state index in [0.717, 1.165) is 46.5 Å². The molecule has 2 aromatic carbocycles. The SMILES string of the molecule is C=N/C(=C\C=C/C)c1nc2ccc(-c3nc4ccc(N5C[C@@H](C)O[C@@H](C)C5)cc4[nH]3)cc2[nH]1. The Kier molecular flexibility index (Phi) is 5.56. The fraction of sp³-hybridized carbons (Fsp3) is 0.269. The highest BCUT2D eigenvalue weighted by Gasteiger charge is 2.22. The van der Waals surface area contributed by atoms with Crippen molar-refractivity contribution in [2.75, 3.05) is 18.0 Å². The highest BCUT2D eigenvalue weighted by atomic mass is 16.5. The fourth-order valence-corrected chi connectivity index (χ4v) is 4.39. The summed E-state index contributed by atoms with van der Waals surface area (Å²) in [6, 6.07) is 12.5. The van der Waals surface area contributed by atoms with Gasteiger partial charge in [-0.25, -0.2) is 9.97 Å². The number of nitrogens with one attached hydrogen (secondary N) is 2. The molecule has 33 heavy (non-hydrogen) atoms. The summed E-state index contributed by atoms with van der Waals surface area (Å²) in [6.45, 7) is 11.6. The second-order valence-corrected chi connectivity index (χ2v) is 8.50. The Morgan fingerprint density at radius 1 is 1.06 bits per heavy atom. The zero-order valence-electron chi connectivity index (χ0n) is 19.2. The van der Waals surface area contributed by atoms with E-state index < -0.39 is 0 Å². The predicted octanol–water partition coefficient (Wildman–Crippen LogP) is 5.34. The van der Waals surface area contributed by atoms with Gasteiger partial charge >= 0.3 is 0 Å². The lowest BCUT2D eigenvalue weighted by Crippen LogP contribution is -2.45. The van der Waals surface area contributed by atoms with Crippen LogP contribution in [0.5, 0.6) is 0 Å². The van der Waals surface area contributed by atoms with Crippen LogP contribution in [0.15, 0.2) is 59.6 Å². The lowest BCUT2D eigenvalue weighted by atomic mass is 10.2. The summed E-state index contributed by atoms with van der Waals surface area (Å²) in [5.41, 5.74) is 6.65. The molecule has 7 nitrogen and oxygen atoms in total. The molecule has 0 radical (unpaired) electrons. The van der Waals surface area contributed by atoms with Gasteiger partial charge in [-0.1, -0.05) is 12.2 Å². The minimum Gasteiger partial charge on any atom is -0.372 e. The van der Waals surface area contributed by atoms with Gasteiger partial charge in [0.2, 0.25) is 0 Å². The maximum Gasteiger partial charge on any atom is 0.157 e. The maximum atomic E-state index is 5.88. The normalized spacial score (nSPS) is 19.7. The summed E-state index contributed by atoms with van der Waals surface area (Å²) < 4.78 is 5.88. The van der Waals surface area contributed by atoms with Gasteiger partial charge < -0.3 is 19.6 Å². The molecule has 0 unspecified atom stereocenters. The van der Waals surface area contributed by atoms with Gasteiger partial charge in [0, 0.05) is 24.3 Å². The summed E-state index contributed by atoms with van der Waals surface area (Å²) >= 11 is 0. The number of nitrogens with zero attached hydrogens (tertiary/aromatic N) is 4. The third kappa shape index (κ3) is 4.19. The van der Waals surface area contributed by atoms with Crippen molar-refractivity contribution in [3.05, 3.63) is 60.5 Å². The van der Waals surface area contributed by atoms with E-state index in [9.17, 15) is 0 Å². The lowest BCUT2D eigenvalue weighted by molar-refractivity contribution is -0.00521. The first kappa shape index (κ1) is 21.2. The molecule has 2 atom stereocenters. The van der Waals surface area contributed by atoms with E-state index in [0.29, 0.717) is 11.5 Å². The Balaban J connectivity index is 1.47. The molecule has 4 aromatic rings. The summed E-state index contributed by atoms with van der Waals surface area (Å²) in [5.74, 6) is 1.52. The number of ether oxygens (including phenoxy) is 1. The average molecular weight is 441 g/mol. The second kappa shape index (κ2) is 8.67. The van der Waals surface area contributed by atoms with Crippen molar-refractivity contribution in [3.63, 3.8) is 0 Å². The van der Waals surface area contributed by atoms with Crippen molar-refractivity contribution < 1.29 is 4.74 Å². The number of rotatable bonds is 5. The van der Waals surface area contributed by atoms with Gasteiger partial charge in [0.05, 0.1) is 34.3 Å². The predicted molar refractivity (Wildman–Crippen MR) is 136 cm³/mol. The molecular weight excluding hydrogens is 412 g/mol. The van der Waals surface area contributed by atoms with Gasteiger partial charge in [0.15, 0.2) is 5.82 Å². The van der Waals surface area contributed by atoms with Crippen LogP contribution < -0.4 is 4.90 Å². The molecule has 0 amide bonds. The van der Waals surface area contributed by atoms with Crippen LogP contribution in [0.4, 0.5) is 5.69 Å². The van der Waals surface area contributed by atoms with E-state index in [2.05, 4.69) is 69.7 Å². The molecule has 1 aliphatic heterocycles. The Labute approximate surface area is 192 Å². The number of H-pyrrole nitrogens is 2. The molecule has 7 heteroatoms. The van der Waals surface area contributed by atoms with Crippen LogP contribution in [0.3, 0.4) is 0 Å². The van der Waals surface area contributed by atoms with Gasteiger partial charge in [-0.3, -0.25) is 4.99 Å². The standard InChI is InChI=1S/C26H28N6O/c1-5-6-7-22(27-4)26-29-20-10-8-18(12-23(20)31-26)25-28-21-11-9-19(13-24(21)30-25)32-14-16(2)33-17(3)15-32/h5-13,16-17H,4,14-15H2,1-3H3,(H,28,30)(H,29,31)/b6-5-,22-7-/t16-,17+. The number of aromatic nitrogens is 4. The highest BCUT2D eigenvalue weighted by Crippen LogP contribution is 2.28.